The summed E-state index contributed by atoms with van der Waals surface area (Å²) in [6.45, 7) is 4.18. The Labute approximate surface area is 126 Å². The van der Waals surface area contributed by atoms with E-state index < -0.39 is 0 Å². The first-order valence-corrected chi connectivity index (χ1v) is 7.79. The number of nitrogens with one attached hydrogen (secondary N) is 1. The second kappa shape index (κ2) is 5.87. The number of fused-ring (bicyclic) bond motifs is 1. The average Bonchev–Trinajstić information content (AvgIpc) is 2.90. The lowest BCUT2D eigenvalue weighted by molar-refractivity contribution is -0.124. The standard InChI is InChI=1S/C14H18N4O2S/c1-2-16-13(19)11-8-20-6-5-18(11)14-17-10-4-3-9(15)7-12(10)21-14/h3-4,7,11H,2,5-6,8,15H2,1H3,(H,16,19). The summed E-state index contributed by atoms with van der Waals surface area (Å²) in [5.74, 6) is -0.0176. The van der Waals surface area contributed by atoms with Crippen molar-refractivity contribution in [3.05, 3.63) is 18.2 Å². The second-order valence-electron chi connectivity index (χ2n) is 4.90. The molecule has 0 saturated carbocycles. The summed E-state index contributed by atoms with van der Waals surface area (Å²) in [4.78, 5) is 18.8. The Hall–Kier alpha value is -1.86. The topological polar surface area (TPSA) is 80.5 Å². The molecule has 1 aliphatic rings. The molecule has 1 unspecified atom stereocenters. The number of aromatic nitrogens is 1. The Kier molecular flexibility index (Phi) is 3.94. The van der Waals surface area contributed by atoms with Gasteiger partial charge in [0.1, 0.15) is 6.04 Å². The number of nitrogens with two attached hydrogens (primary N) is 1. The molecule has 1 atom stereocenters. The van der Waals surface area contributed by atoms with Crippen LogP contribution in [0.5, 0.6) is 0 Å². The van der Waals surface area contributed by atoms with Crippen LogP contribution in [0, 0.1) is 0 Å². The number of rotatable bonds is 3. The van der Waals surface area contributed by atoms with Crippen LogP contribution >= 0.6 is 11.3 Å². The average molecular weight is 306 g/mol. The minimum atomic E-state index is -0.323. The summed E-state index contributed by atoms with van der Waals surface area (Å²) in [7, 11) is 0. The molecule has 6 nitrogen and oxygen atoms in total. The molecule has 1 saturated heterocycles. The van der Waals surface area contributed by atoms with Crippen molar-refractivity contribution in [2.75, 3.05) is 36.9 Å². The fourth-order valence-electron chi connectivity index (χ4n) is 2.39. The lowest BCUT2D eigenvalue weighted by atomic mass is 10.2. The predicted octanol–water partition coefficient (Wildman–Crippen LogP) is 1.22. The van der Waals surface area contributed by atoms with Crippen molar-refractivity contribution >= 4 is 38.3 Å². The van der Waals surface area contributed by atoms with E-state index in [4.69, 9.17) is 10.5 Å². The molecule has 0 spiro atoms. The molecule has 0 radical (unpaired) electrons. The highest BCUT2D eigenvalue weighted by atomic mass is 32.1. The van der Waals surface area contributed by atoms with Crippen molar-refractivity contribution in [3.8, 4) is 0 Å². The smallest absolute Gasteiger partial charge is 0.245 e. The number of likely N-dealkylation sites (N-methyl/N-ethyl adjacent to an activating group) is 1. The van der Waals surface area contributed by atoms with Gasteiger partial charge in [-0.1, -0.05) is 11.3 Å². The van der Waals surface area contributed by atoms with E-state index in [1.807, 2.05) is 30.0 Å². The highest BCUT2D eigenvalue weighted by molar-refractivity contribution is 7.22. The van der Waals surface area contributed by atoms with Crippen LogP contribution in [0.4, 0.5) is 10.8 Å². The van der Waals surface area contributed by atoms with Gasteiger partial charge in [-0.05, 0) is 25.1 Å². The third-order valence-corrected chi connectivity index (χ3v) is 4.48. The molecule has 3 N–H and O–H groups in total. The lowest BCUT2D eigenvalue weighted by Gasteiger charge is -2.34. The Morgan fingerprint density at radius 3 is 3.29 bits per heavy atom. The number of carbonyl (C=O) groups excluding carboxylic acids is 1. The van der Waals surface area contributed by atoms with Crippen molar-refractivity contribution in [1.29, 1.82) is 0 Å². The number of ether oxygens (including phenoxy) is 1. The molecule has 1 aliphatic heterocycles. The summed E-state index contributed by atoms with van der Waals surface area (Å²) < 4.78 is 6.48. The third kappa shape index (κ3) is 2.79. The number of thiazole rings is 1. The van der Waals surface area contributed by atoms with Gasteiger partial charge in [0.2, 0.25) is 5.91 Å². The van der Waals surface area contributed by atoms with E-state index in [1.54, 1.807) is 11.3 Å². The molecule has 0 aliphatic carbocycles. The SMILES string of the molecule is CCNC(=O)C1COCCN1c1nc2ccc(N)cc2s1. The lowest BCUT2D eigenvalue weighted by Crippen LogP contribution is -2.54. The van der Waals surface area contributed by atoms with E-state index in [9.17, 15) is 4.79 Å². The van der Waals surface area contributed by atoms with Gasteiger partial charge in [0.05, 0.1) is 23.4 Å². The maximum absolute atomic E-state index is 12.2. The maximum atomic E-state index is 12.2. The molecule has 7 heteroatoms. The van der Waals surface area contributed by atoms with Gasteiger partial charge in [0.15, 0.2) is 5.13 Å². The van der Waals surface area contributed by atoms with E-state index in [2.05, 4.69) is 10.3 Å². The second-order valence-corrected chi connectivity index (χ2v) is 5.91. The molecule has 21 heavy (non-hydrogen) atoms. The molecule has 2 heterocycles. The van der Waals surface area contributed by atoms with Gasteiger partial charge in [0.25, 0.3) is 0 Å². The Balaban J connectivity index is 1.92. The Bertz CT molecular complexity index is 657. The molecule has 2 aromatic rings. The molecular weight excluding hydrogens is 288 g/mol. The summed E-state index contributed by atoms with van der Waals surface area (Å²) >= 11 is 1.56. The number of nitrogens with zero attached hydrogens (tertiary/aromatic N) is 2. The van der Waals surface area contributed by atoms with Crippen LogP contribution in [-0.4, -0.2) is 43.2 Å². The van der Waals surface area contributed by atoms with Gasteiger partial charge >= 0.3 is 0 Å². The van der Waals surface area contributed by atoms with Gasteiger partial charge in [-0.3, -0.25) is 4.79 Å². The number of morpholine rings is 1. The Morgan fingerprint density at radius 2 is 2.48 bits per heavy atom. The first-order chi connectivity index (χ1) is 10.2. The molecule has 112 valence electrons. The summed E-state index contributed by atoms with van der Waals surface area (Å²) in [6.07, 6.45) is 0. The number of anilines is 2. The van der Waals surface area contributed by atoms with Gasteiger partial charge in [0, 0.05) is 18.8 Å². The van der Waals surface area contributed by atoms with Crippen LogP contribution in [0.1, 0.15) is 6.92 Å². The number of nitrogen functional groups attached to an aromatic ring is 1. The van der Waals surface area contributed by atoms with Crippen LogP contribution < -0.4 is 16.0 Å². The zero-order valence-electron chi connectivity index (χ0n) is 11.8. The van der Waals surface area contributed by atoms with Gasteiger partial charge in [-0.2, -0.15) is 0 Å². The van der Waals surface area contributed by atoms with E-state index in [0.717, 1.165) is 21.0 Å². The number of hydrogen-bond acceptors (Lipinski definition) is 6. The largest absolute Gasteiger partial charge is 0.399 e. The first kappa shape index (κ1) is 14.1. The van der Waals surface area contributed by atoms with Crippen LogP contribution in [-0.2, 0) is 9.53 Å². The van der Waals surface area contributed by atoms with E-state index >= 15 is 0 Å². The summed E-state index contributed by atoms with van der Waals surface area (Å²) in [6, 6.07) is 5.34. The monoisotopic (exact) mass is 306 g/mol. The first-order valence-electron chi connectivity index (χ1n) is 6.97. The van der Waals surface area contributed by atoms with Crippen LogP contribution in [0.2, 0.25) is 0 Å². The summed E-state index contributed by atoms with van der Waals surface area (Å²) in [5.41, 5.74) is 7.44. The fourth-order valence-corrected chi connectivity index (χ4v) is 3.48. The highest BCUT2D eigenvalue weighted by Crippen LogP contribution is 2.31. The van der Waals surface area contributed by atoms with Gasteiger partial charge in [-0.25, -0.2) is 4.98 Å². The van der Waals surface area contributed by atoms with Crippen LogP contribution in [0.15, 0.2) is 18.2 Å². The van der Waals surface area contributed by atoms with Crippen LogP contribution in [0.3, 0.4) is 0 Å². The van der Waals surface area contributed by atoms with Crippen molar-refractivity contribution in [2.45, 2.75) is 13.0 Å². The molecule has 1 fully saturated rings. The zero-order chi connectivity index (χ0) is 14.8. The molecule has 1 aromatic heterocycles. The predicted molar refractivity (Wildman–Crippen MR) is 84.7 cm³/mol. The summed E-state index contributed by atoms with van der Waals surface area (Å²) in [5, 5.41) is 3.70. The molecular formula is C14H18N4O2S. The van der Waals surface area contributed by atoms with Crippen molar-refractivity contribution in [1.82, 2.24) is 10.3 Å². The molecule has 3 rings (SSSR count). The third-order valence-electron chi connectivity index (χ3n) is 3.43. The van der Waals surface area contributed by atoms with Crippen molar-refractivity contribution < 1.29 is 9.53 Å². The Morgan fingerprint density at radius 1 is 1.62 bits per heavy atom. The normalized spacial score (nSPS) is 18.9. The maximum Gasteiger partial charge on any atom is 0.245 e. The van der Waals surface area contributed by atoms with E-state index in [1.165, 1.54) is 0 Å². The van der Waals surface area contributed by atoms with Gasteiger partial charge in [-0.15, -0.1) is 0 Å². The van der Waals surface area contributed by atoms with Crippen LogP contribution in [0.25, 0.3) is 10.2 Å². The number of hydrogen-bond donors (Lipinski definition) is 2. The number of amides is 1. The number of carbonyl (C=O) groups is 1. The quantitative estimate of drug-likeness (QED) is 0.833. The zero-order valence-corrected chi connectivity index (χ0v) is 12.7. The van der Waals surface area contributed by atoms with E-state index in [-0.39, 0.29) is 11.9 Å². The molecule has 0 bridgehead atoms. The molecule has 1 aromatic carbocycles. The van der Waals surface area contributed by atoms with E-state index in [0.29, 0.717) is 26.3 Å². The van der Waals surface area contributed by atoms with Crippen molar-refractivity contribution in [3.63, 3.8) is 0 Å². The minimum Gasteiger partial charge on any atom is -0.399 e. The van der Waals surface area contributed by atoms with Gasteiger partial charge < -0.3 is 20.7 Å². The van der Waals surface area contributed by atoms with Crippen molar-refractivity contribution in [2.24, 2.45) is 0 Å². The number of benzene rings is 1. The molecule has 1 amide bonds. The highest BCUT2D eigenvalue weighted by Gasteiger charge is 2.31. The fraction of sp³-hybridized carbons (Fsp3) is 0.429. The minimum absolute atomic E-state index is 0.0176.